The number of nitrogens with zero attached hydrogens (tertiary/aromatic N) is 2. The normalized spacial score (nSPS) is 12.3. The first-order valence-corrected chi connectivity index (χ1v) is 25.9. The van der Waals surface area contributed by atoms with Gasteiger partial charge in [-0.2, -0.15) is 0 Å². The van der Waals surface area contributed by atoms with E-state index in [1.54, 1.807) is 0 Å². The van der Waals surface area contributed by atoms with Crippen LogP contribution in [0.4, 0.5) is 0 Å². The molecule has 0 amide bonds. The first kappa shape index (κ1) is 39.4. The first-order valence-electron chi connectivity index (χ1n) is 22.5. The summed E-state index contributed by atoms with van der Waals surface area (Å²) in [6.45, 7) is 0. The largest absolute Gasteiger partial charge is 0.454 e. The minimum Gasteiger partial charge on any atom is -0.454 e. The highest BCUT2D eigenvalue weighted by atomic mass is 31.2. The zero-order valence-electron chi connectivity index (χ0n) is 36.1. The molecule has 0 saturated heterocycles. The second-order valence-electron chi connectivity index (χ2n) is 17.1. The topological polar surface area (TPSA) is 57.1 Å². The Bertz CT molecular complexity index is 3690. The van der Waals surface area contributed by atoms with Gasteiger partial charge in [0.15, 0.2) is 14.3 Å². The fourth-order valence-corrected chi connectivity index (χ4v) is 16.1. The minimum absolute atomic E-state index is 0.490. The molecule has 0 saturated carbocycles. The van der Waals surface area contributed by atoms with Crippen LogP contribution in [0.1, 0.15) is 0 Å². The molecule has 5 nitrogen and oxygen atoms in total. The Labute approximate surface area is 386 Å². The number of rotatable bonds is 8. The monoisotopic (exact) mass is 898 g/mol. The summed E-state index contributed by atoms with van der Waals surface area (Å²) < 4.78 is 45.8. The lowest BCUT2D eigenvalue weighted by Gasteiger charge is -2.22. The van der Waals surface area contributed by atoms with E-state index in [0.29, 0.717) is 43.0 Å². The van der Waals surface area contributed by atoms with E-state index < -0.39 is 14.3 Å². The van der Waals surface area contributed by atoms with Crippen molar-refractivity contribution in [3.8, 4) is 11.4 Å². The Hall–Kier alpha value is -7.94. The molecule has 0 spiro atoms. The maximum absolute atomic E-state index is 16.9. The Morgan fingerprint density at radius 1 is 0.284 bits per heavy atom. The van der Waals surface area contributed by atoms with Crippen LogP contribution < -0.4 is 31.8 Å². The quantitative estimate of drug-likeness (QED) is 0.143. The Morgan fingerprint density at radius 3 is 0.821 bits per heavy atom. The Balaban J connectivity index is 1.25. The van der Waals surface area contributed by atoms with Crippen LogP contribution in [0.3, 0.4) is 0 Å². The molecule has 0 aliphatic rings. The SMILES string of the molecule is O=P(c1ccccc1)(c1ccccc1)c1cc(-n2c3ccccc3c3ccccc32)cc2c1oc1c(P(=O)(c3ccccc3)c3ccccc3)cc(-n3c4ccccc4c4ccccc43)cc12. The summed E-state index contributed by atoms with van der Waals surface area (Å²) in [5.74, 6) is 0. The molecule has 13 aromatic rings. The summed E-state index contributed by atoms with van der Waals surface area (Å²) in [4.78, 5) is 0. The summed E-state index contributed by atoms with van der Waals surface area (Å²) in [5, 5.41) is 9.90. The molecule has 0 bridgehead atoms. The van der Waals surface area contributed by atoms with Gasteiger partial charge in [0, 0.05) is 64.9 Å². The van der Waals surface area contributed by atoms with Gasteiger partial charge in [0.05, 0.1) is 32.7 Å². The second kappa shape index (κ2) is 15.3. The molecule has 0 N–H and O–H groups in total. The van der Waals surface area contributed by atoms with Gasteiger partial charge in [-0.1, -0.05) is 194 Å². The fourth-order valence-electron chi connectivity index (χ4n) is 10.4. The summed E-state index contributed by atoms with van der Waals surface area (Å²) in [5.41, 5.74) is 6.77. The lowest BCUT2D eigenvalue weighted by molar-refractivity contribution is 0.592. The molecule has 3 heterocycles. The summed E-state index contributed by atoms with van der Waals surface area (Å²) in [7, 11) is -7.41. The van der Waals surface area contributed by atoms with E-state index in [4.69, 9.17) is 4.42 Å². The Kier molecular flexibility index (Phi) is 9.02. The van der Waals surface area contributed by atoms with Crippen LogP contribution in [-0.4, -0.2) is 9.13 Å². The minimum atomic E-state index is -3.71. The molecular formula is C60H40N2O3P2. The van der Waals surface area contributed by atoms with E-state index in [0.717, 1.165) is 65.8 Å². The van der Waals surface area contributed by atoms with E-state index in [2.05, 4.69) is 130 Å². The number of fused-ring (bicyclic) bond motifs is 9. The van der Waals surface area contributed by atoms with Gasteiger partial charge in [-0.15, -0.1) is 0 Å². The van der Waals surface area contributed by atoms with Gasteiger partial charge in [-0.3, -0.25) is 0 Å². The van der Waals surface area contributed by atoms with E-state index in [1.807, 2.05) is 121 Å². The summed E-state index contributed by atoms with van der Waals surface area (Å²) in [6.07, 6.45) is 0. The number of hydrogen-bond acceptors (Lipinski definition) is 3. The van der Waals surface area contributed by atoms with Gasteiger partial charge in [0.25, 0.3) is 0 Å². The van der Waals surface area contributed by atoms with Crippen molar-refractivity contribution in [1.82, 2.24) is 9.13 Å². The second-order valence-corrected chi connectivity index (χ2v) is 22.6. The third-order valence-electron chi connectivity index (χ3n) is 13.4. The highest BCUT2D eigenvalue weighted by molar-refractivity contribution is 7.86. The van der Waals surface area contributed by atoms with Gasteiger partial charge < -0.3 is 22.7 Å². The molecule has 0 fully saturated rings. The molecule has 3 aromatic heterocycles. The fraction of sp³-hybridized carbons (Fsp3) is 0. The Morgan fingerprint density at radius 2 is 0.537 bits per heavy atom. The molecular weight excluding hydrogens is 859 g/mol. The lowest BCUT2D eigenvalue weighted by Crippen LogP contribution is -2.26. The number of furan rings is 1. The number of benzene rings is 10. The number of para-hydroxylation sites is 4. The van der Waals surface area contributed by atoms with Crippen molar-refractivity contribution in [1.29, 1.82) is 0 Å². The van der Waals surface area contributed by atoms with E-state index in [-0.39, 0.29) is 0 Å². The summed E-state index contributed by atoms with van der Waals surface area (Å²) >= 11 is 0. The third-order valence-corrected chi connectivity index (χ3v) is 19.6. The molecule has 7 heteroatoms. The van der Waals surface area contributed by atoms with Crippen LogP contribution in [0.5, 0.6) is 0 Å². The molecule has 67 heavy (non-hydrogen) atoms. The van der Waals surface area contributed by atoms with Crippen molar-refractivity contribution >= 4 is 112 Å². The molecule has 0 aliphatic carbocycles. The molecule has 318 valence electrons. The van der Waals surface area contributed by atoms with E-state index in [9.17, 15) is 0 Å². The highest BCUT2D eigenvalue weighted by Crippen LogP contribution is 2.50. The first-order chi connectivity index (χ1) is 33.0. The lowest BCUT2D eigenvalue weighted by atomic mass is 10.1. The van der Waals surface area contributed by atoms with Gasteiger partial charge in [-0.05, 0) is 48.5 Å². The van der Waals surface area contributed by atoms with Crippen molar-refractivity contribution in [2.45, 2.75) is 0 Å². The molecule has 13 rings (SSSR count). The average Bonchev–Trinajstić information content (AvgIpc) is 4.06. The average molecular weight is 899 g/mol. The van der Waals surface area contributed by atoms with Crippen LogP contribution >= 0.6 is 14.3 Å². The van der Waals surface area contributed by atoms with Crippen LogP contribution in [0.2, 0.25) is 0 Å². The predicted molar refractivity (Wildman–Crippen MR) is 281 cm³/mol. The number of aromatic nitrogens is 2. The van der Waals surface area contributed by atoms with Gasteiger partial charge in [0.2, 0.25) is 0 Å². The van der Waals surface area contributed by atoms with Crippen LogP contribution in [-0.2, 0) is 9.13 Å². The van der Waals surface area contributed by atoms with Crippen molar-refractivity contribution in [3.05, 3.63) is 243 Å². The molecule has 0 atom stereocenters. The smallest absolute Gasteiger partial charge is 0.174 e. The zero-order valence-corrected chi connectivity index (χ0v) is 37.9. The van der Waals surface area contributed by atoms with Crippen LogP contribution in [0.15, 0.2) is 247 Å². The van der Waals surface area contributed by atoms with Crippen molar-refractivity contribution in [2.24, 2.45) is 0 Å². The van der Waals surface area contributed by atoms with E-state index in [1.165, 1.54) is 0 Å². The summed E-state index contributed by atoms with van der Waals surface area (Å²) in [6, 6.07) is 81.4. The van der Waals surface area contributed by atoms with Crippen molar-refractivity contribution in [2.75, 3.05) is 0 Å². The van der Waals surface area contributed by atoms with Gasteiger partial charge in [0.1, 0.15) is 11.2 Å². The maximum Gasteiger partial charge on any atom is 0.174 e. The predicted octanol–water partition coefficient (Wildman–Crippen LogP) is 13.1. The molecule has 0 aliphatic heterocycles. The molecule has 0 radical (unpaired) electrons. The van der Waals surface area contributed by atoms with Crippen LogP contribution in [0.25, 0.3) is 76.9 Å². The van der Waals surface area contributed by atoms with Gasteiger partial charge in [-0.25, -0.2) is 0 Å². The molecule has 10 aromatic carbocycles. The molecule has 0 unspecified atom stereocenters. The maximum atomic E-state index is 16.9. The standard InChI is InChI=1S/C60H40N2O3P2/c63-66(43-21-5-1-6-22-43,44-23-7-2-8-24-44)57-39-41(61-53-33-17-13-29-47(53)48-30-14-18-34-54(48)61)37-51-52-38-42(62-55-35-19-15-31-49(55)50-32-16-20-36-56(50)62)40-58(60(52)65-59(51)57)67(64,45-25-9-3-10-26-45)46-27-11-4-12-28-46/h1-40H. The third kappa shape index (κ3) is 5.89. The van der Waals surface area contributed by atoms with Crippen LogP contribution in [0, 0.1) is 0 Å². The van der Waals surface area contributed by atoms with Crippen molar-refractivity contribution < 1.29 is 13.5 Å². The highest BCUT2D eigenvalue weighted by Gasteiger charge is 2.38. The number of hydrogen-bond donors (Lipinski definition) is 0. The van der Waals surface area contributed by atoms with Gasteiger partial charge >= 0.3 is 0 Å². The zero-order chi connectivity index (χ0) is 44.7. The van der Waals surface area contributed by atoms with E-state index >= 15 is 9.13 Å². The van der Waals surface area contributed by atoms with Crippen molar-refractivity contribution in [3.63, 3.8) is 0 Å².